The van der Waals surface area contributed by atoms with Gasteiger partial charge in [-0.15, -0.1) is 0 Å². The summed E-state index contributed by atoms with van der Waals surface area (Å²) in [6.07, 6.45) is 5.25. The summed E-state index contributed by atoms with van der Waals surface area (Å²) < 4.78 is 3.81. The van der Waals surface area contributed by atoms with Crippen LogP contribution in [0.3, 0.4) is 0 Å². The van der Waals surface area contributed by atoms with E-state index in [9.17, 15) is 0 Å². The molecule has 0 atom stereocenters. The van der Waals surface area contributed by atoms with Crippen LogP contribution < -0.4 is 11.1 Å². The average molecular weight is 217 g/mol. The summed E-state index contributed by atoms with van der Waals surface area (Å²) in [5, 5.41) is 3.01. The molecule has 0 amide bonds. The Labute approximate surface area is 91.6 Å². The lowest BCUT2D eigenvalue weighted by Crippen LogP contribution is -2.27. The average Bonchev–Trinajstić information content (AvgIpc) is 2.83. The van der Waals surface area contributed by atoms with Crippen LogP contribution in [0.5, 0.6) is 0 Å². The van der Waals surface area contributed by atoms with Gasteiger partial charge in [0.25, 0.3) is 0 Å². The second-order valence-electron chi connectivity index (χ2n) is 3.60. The molecular weight excluding hydrogens is 206 g/mol. The van der Waals surface area contributed by atoms with Crippen molar-refractivity contribution in [3.05, 3.63) is 24.5 Å². The first-order valence-corrected chi connectivity index (χ1v) is 4.85. The Balaban J connectivity index is 2.12. The highest BCUT2D eigenvalue weighted by Crippen LogP contribution is 2.22. The van der Waals surface area contributed by atoms with Gasteiger partial charge >= 0.3 is 0 Å². The smallest absolute Gasteiger partial charge is 0.194 e. The maximum absolute atomic E-state index is 5.64. The topological polar surface area (TPSA) is 86.0 Å². The largest absolute Gasteiger partial charge is 0.370 e. The molecule has 0 aliphatic carbocycles. The number of guanidine groups is 1. The van der Waals surface area contributed by atoms with Gasteiger partial charge in [0.1, 0.15) is 23.7 Å². The molecule has 82 valence electrons. The molecular formula is C9H11N7. The molecule has 0 saturated heterocycles. The molecule has 3 heterocycles. The lowest BCUT2D eigenvalue weighted by Gasteiger charge is -2.14. The van der Waals surface area contributed by atoms with Gasteiger partial charge in [0.15, 0.2) is 5.96 Å². The molecule has 0 spiro atoms. The molecule has 16 heavy (non-hydrogen) atoms. The summed E-state index contributed by atoms with van der Waals surface area (Å²) in [4.78, 5) is 12.4. The summed E-state index contributed by atoms with van der Waals surface area (Å²) in [6, 6.07) is 0. The molecule has 2 aromatic rings. The van der Waals surface area contributed by atoms with Crippen LogP contribution in [0.4, 0.5) is 5.82 Å². The fraction of sp³-hybridized carbons (Fsp3) is 0.222. The van der Waals surface area contributed by atoms with Crippen LogP contribution in [0, 0.1) is 0 Å². The van der Waals surface area contributed by atoms with Gasteiger partial charge in [0.2, 0.25) is 0 Å². The van der Waals surface area contributed by atoms with Crippen molar-refractivity contribution in [3.8, 4) is 5.82 Å². The van der Waals surface area contributed by atoms with Crippen molar-refractivity contribution in [2.24, 2.45) is 17.8 Å². The van der Waals surface area contributed by atoms with Gasteiger partial charge in [0.05, 0.1) is 19.1 Å². The summed E-state index contributed by atoms with van der Waals surface area (Å²) in [5.41, 5.74) is 6.53. The summed E-state index contributed by atoms with van der Waals surface area (Å²) in [5.74, 6) is 2.20. The first-order valence-electron chi connectivity index (χ1n) is 4.85. The Morgan fingerprint density at radius 2 is 2.31 bits per heavy atom. The summed E-state index contributed by atoms with van der Waals surface area (Å²) in [7, 11) is 1.93. The number of fused-ring (bicyclic) bond motifs is 1. The van der Waals surface area contributed by atoms with Crippen molar-refractivity contribution < 1.29 is 0 Å². The molecule has 0 bridgehead atoms. The normalized spacial score (nSPS) is 14.2. The van der Waals surface area contributed by atoms with Crippen molar-refractivity contribution in [2.75, 3.05) is 5.32 Å². The molecule has 3 rings (SSSR count). The number of hydrogen-bond donors (Lipinski definition) is 2. The summed E-state index contributed by atoms with van der Waals surface area (Å²) >= 11 is 0. The van der Waals surface area contributed by atoms with Crippen LogP contribution in [-0.4, -0.2) is 25.1 Å². The van der Waals surface area contributed by atoms with E-state index < -0.39 is 0 Å². The Kier molecular flexibility index (Phi) is 1.73. The fourth-order valence-electron chi connectivity index (χ4n) is 1.71. The van der Waals surface area contributed by atoms with Gasteiger partial charge in [-0.25, -0.2) is 15.0 Å². The molecule has 0 radical (unpaired) electrons. The third-order valence-electron chi connectivity index (χ3n) is 2.53. The molecule has 2 aromatic heterocycles. The van der Waals surface area contributed by atoms with Crippen molar-refractivity contribution in [1.82, 2.24) is 19.1 Å². The number of nitrogens with two attached hydrogens (primary N) is 1. The van der Waals surface area contributed by atoms with E-state index in [0.29, 0.717) is 12.5 Å². The lowest BCUT2D eigenvalue weighted by atomic mass is 10.4. The maximum Gasteiger partial charge on any atom is 0.194 e. The summed E-state index contributed by atoms with van der Waals surface area (Å²) in [6.45, 7) is 0.513. The fourth-order valence-corrected chi connectivity index (χ4v) is 1.71. The van der Waals surface area contributed by atoms with E-state index in [1.165, 1.54) is 0 Å². The van der Waals surface area contributed by atoms with Crippen molar-refractivity contribution in [3.63, 3.8) is 0 Å². The van der Waals surface area contributed by atoms with Crippen molar-refractivity contribution in [1.29, 1.82) is 0 Å². The van der Waals surface area contributed by atoms with Crippen LogP contribution in [0.1, 0.15) is 5.69 Å². The molecule has 0 saturated carbocycles. The van der Waals surface area contributed by atoms with Gasteiger partial charge in [0, 0.05) is 7.05 Å². The highest BCUT2D eigenvalue weighted by molar-refractivity contribution is 5.93. The number of nitrogens with one attached hydrogen (secondary N) is 1. The van der Waals surface area contributed by atoms with Crippen LogP contribution in [-0.2, 0) is 13.6 Å². The third-order valence-corrected chi connectivity index (χ3v) is 2.53. The van der Waals surface area contributed by atoms with E-state index >= 15 is 0 Å². The SMILES string of the molecule is Cn1cncc1-n1cnc2c1NC(N)=NC2. The zero-order valence-corrected chi connectivity index (χ0v) is 8.75. The van der Waals surface area contributed by atoms with Gasteiger partial charge in [-0.3, -0.25) is 4.57 Å². The number of aromatic nitrogens is 4. The highest BCUT2D eigenvalue weighted by Gasteiger charge is 2.17. The van der Waals surface area contributed by atoms with Crippen molar-refractivity contribution >= 4 is 11.8 Å². The first-order chi connectivity index (χ1) is 7.75. The number of imidazole rings is 2. The Bertz CT molecular complexity index is 562. The molecule has 7 nitrogen and oxygen atoms in total. The first kappa shape index (κ1) is 8.96. The minimum atomic E-state index is 0.413. The molecule has 0 aromatic carbocycles. The Hall–Kier alpha value is -2.31. The van der Waals surface area contributed by atoms with Crippen LogP contribution in [0.15, 0.2) is 23.8 Å². The zero-order chi connectivity index (χ0) is 11.1. The lowest BCUT2D eigenvalue weighted by molar-refractivity contribution is 0.841. The molecule has 1 aliphatic rings. The minimum absolute atomic E-state index is 0.413. The van der Waals surface area contributed by atoms with Gasteiger partial charge in [-0.2, -0.15) is 0 Å². The van der Waals surface area contributed by atoms with E-state index in [1.807, 2.05) is 16.2 Å². The zero-order valence-electron chi connectivity index (χ0n) is 8.75. The number of rotatable bonds is 1. The molecule has 0 unspecified atom stereocenters. The van der Waals surface area contributed by atoms with Crippen LogP contribution in [0.25, 0.3) is 5.82 Å². The maximum atomic E-state index is 5.64. The highest BCUT2D eigenvalue weighted by atomic mass is 15.3. The number of anilines is 1. The van der Waals surface area contributed by atoms with E-state index in [0.717, 1.165) is 17.3 Å². The van der Waals surface area contributed by atoms with E-state index in [-0.39, 0.29) is 0 Å². The number of aryl methyl sites for hydroxylation is 1. The molecule has 3 N–H and O–H groups in total. The van der Waals surface area contributed by atoms with Crippen LogP contribution >= 0.6 is 0 Å². The molecule has 1 aliphatic heterocycles. The molecule has 7 heteroatoms. The minimum Gasteiger partial charge on any atom is -0.370 e. The van der Waals surface area contributed by atoms with Gasteiger partial charge in [-0.05, 0) is 0 Å². The predicted molar refractivity (Wildman–Crippen MR) is 59.3 cm³/mol. The van der Waals surface area contributed by atoms with E-state index in [1.54, 1.807) is 18.9 Å². The Morgan fingerprint density at radius 3 is 3.06 bits per heavy atom. The standard InChI is InChI=1S/C9H11N7/c1-15-4-11-3-7(15)16-5-13-6-2-12-9(10)14-8(6)16/h3-5H,2H2,1H3,(H3,10,12,14). The van der Waals surface area contributed by atoms with Crippen molar-refractivity contribution in [2.45, 2.75) is 6.54 Å². The van der Waals surface area contributed by atoms with Gasteiger partial charge in [-0.1, -0.05) is 0 Å². The molecule has 0 fully saturated rings. The van der Waals surface area contributed by atoms with E-state index in [2.05, 4.69) is 20.3 Å². The Morgan fingerprint density at radius 1 is 1.44 bits per heavy atom. The quantitative estimate of drug-likeness (QED) is 0.695. The monoisotopic (exact) mass is 217 g/mol. The van der Waals surface area contributed by atoms with Gasteiger partial charge < -0.3 is 15.6 Å². The predicted octanol–water partition coefficient (Wildman–Crippen LogP) is -0.154. The second kappa shape index (κ2) is 3.09. The number of hydrogen-bond acceptors (Lipinski definition) is 5. The number of nitrogens with zero attached hydrogens (tertiary/aromatic N) is 5. The third kappa shape index (κ3) is 1.18. The number of aliphatic imine (C=N–C) groups is 1. The van der Waals surface area contributed by atoms with E-state index in [4.69, 9.17) is 5.73 Å². The second-order valence-corrected chi connectivity index (χ2v) is 3.60. The van der Waals surface area contributed by atoms with Crippen LogP contribution in [0.2, 0.25) is 0 Å².